The number of amides is 2. The second-order valence-electron chi connectivity index (χ2n) is 8.85. The molecule has 11 heteroatoms. The highest BCUT2D eigenvalue weighted by Crippen LogP contribution is 2.36. The third-order valence-electron chi connectivity index (χ3n) is 5.90. The molecular weight excluding hydrogens is 470 g/mol. The van der Waals surface area contributed by atoms with Crippen molar-refractivity contribution >= 4 is 29.2 Å². The molecule has 1 fully saturated rings. The van der Waals surface area contributed by atoms with Crippen molar-refractivity contribution in [1.29, 1.82) is 0 Å². The lowest BCUT2D eigenvalue weighted by Crippen LogP contribution is -2.37. The molecule has 11 nitrogen and oxygen atoms in total. The summed E-state index contributed by atoms with van der Waals surface area (Å²) in [5.74, 6) is -0.922. The molecule has 2 aromatic carbocycles. The Kier molecular flexibility index (Phi) is 7.37. The van der Waals surface area contributed by atoms with Crippen LogP contribution in [0.4, 0.5) is 11.4 Å². The monoisotopic (exact) mass is 497 g/mol. The van der Waals surface area contributed by atoms with Crippen LogP contribution in [0.3, 0.4) is 0 Å². The predicted octanol–water partition coefficient (Wildman–Crippen LogP) is 2.92. The van der Waals surface area contributed by atoms with Gasteiger partial charge in [0.1, 0.15) is 13.2 Å². The van der Waals surface area contributed by atoms with Crippen LogP contribution in [0.5, 0.6) is 11.5 Å². The molecular formula is C25H27N3O8. The summed E-state index contributed by atoms with van der Waals surface area (Å²) >= 11 is 0. The van der Waals surface area contributed by atoms with E-state index < -0.39 is 28.8 Å². The molecule has 36 heavy (non-hydrogen) atoms. The van der Waals surface area contributed by atoms with Gasteiger partial charge in [-0.1, -0.05) is 18.2 Å². The highest BCUT2D eigenvalue weighted by Gasteiger charge is 2.37. The number of ether oxygens (including phenoxy) is 3. The van der Waals surface area contributed by atoms with Crippen molar-refractivity contribution in [3.8, 4) is 11.5 Å². The first-order valence-corrected chi connectivity index (χ1v) is 11.7. The molecule has 0 radical (unpaired) electrons. The normalized spacial score (nSPS) is 17.6. The number of para-hydroxylation sites is 1. The van der Waals surface area contributed by atoms with Crippen LogP contribution in [0.15, 0.2) is 42.5 Å². The van der Waals surface area contributed by atoms with Gasteiger partial charge < -0.3 is 24.4 Å². The van der Waals surface area contributed by atoms with Crippen LogP contribution in [-0.2, 0) is 19.1 Å². The summed E-state index contributed by atoms with van der Waals surface area (Å²) in [6.07, 6.45) is -0.714. The van der Waals surface area contributed by atoms with Gasteiger partial charge in [0.25, 0.3) is 5.69 Å². The lowest BCUT2D eigenvalue weighted by Gasteiger charge is -2.23. The van der Waals surface area contributed by atoms with E-state index in [1.54, 1.807) is 38.1 Å². The molecule has 0 saturated carbocycles. The highest BCUT2D eigenvalue weighted by atomic mass is 16.6. The number of hydrogen-bond donors (Lipinski definition) is 1. The number of rotatable bonds is 8. The van der Waals surface area contributed by atoms with Crippen molar-refractivity contribution in [2.45, 2.75) is 38.8 Å². The Morgan fingerprint density at radius 1 is 1.17 bits per heavy atom. The molecule has 1 saturated heterocycles. The van der Waals surface area contributed by atoms with E-state index >= 15 is 0 Å². The van der Waals surface area contributed by atoms with Gasteiger partial charge in [0, 0.05) is 30.8 Å². The third kappa shape index (κ3) is 5.56. The second kappa shape index (κ2) is 10.6. The van der Waals surface area contributed by atoms with Crippen LogP contribution in [0, 0.1) is 16.0 Å². The van der Waals surface area contributed by atoms with Crippen LogP contribution < -0.4 is 19.7 Å². The predicted molar refractivity (Wildman–Crippen MR) is 128 cm³/mol. The first-order chi connectivity index (χ1) is 17.2. The number of benzene rings is 2. The van der Waals surface area contributed by atoms with Gasteiger partial charge in [-0.2, -0.15) is 0 Å². The minimum atomic E-state index is -0.996. The first-order valence-electron chi connectivity index (χ1n) is 11.7. The molecule has 2 atom stereocenters. The average Bonchev–Trinajstić information content (AvgIpc) is 3.24. The Morgan fingerprint density at radius 2 is 1.89 bits per heavy atom. The van der Waals surface area contributed by atoms with Crippen molar-refractivity contribution in [3.63, 3.8) is 0 Å². The zero-order valence-electron chi connectivity index (χ0n) is 20.0. The van der Waals surface area contributed by atoms with Crippen LogP contribution in [-0.4, -0.2) is 48.6 Å². The van der Waals surface area contributed by atoms with E-state index in [2.05, 4.69) is 5.32 Å². The van der Waals surface area contributed by atoms with E-state index in [9.17, 15) is 24.5 Å². The van der Waals surface area contributed by atoms with Crippen molar-refractivity contribution in [3.05, 3.63) is 58.1 Å². The molecule has 2 heterocycles. The fraction of sp³-hybridized carbons (Fsp3) is 0.400. The van der Waals surface area contributed by atoms with Crippen LogP contribution >= 0.6 is 0 Å². The molecule has 2 unspecified atom stereocenters. The minimum absolute atomic E-state index is 0.0414. The van der Waals surface area contributed by atoms with Crippen molar-refractivity contribution in [2.24, 2.45) is 5.92 Å². The fourth-order valence-corrected chi connectivity index (χ4v) is 4.29. The van der Waals surface area contributed by atoms with Crippen molar-refractivity contribution in [1.82, 2.24) is 5.32 Å². The molecule has 0 aromatic heterocycles. The topological polar surface area (TPSA) is 137 Å². The number of nitrogens with one attached hydrogen (secondary N) is 1. The molecule has 190 valence electrons. The van der Waals surface area contributed by atoms with E-state index in [-0.39, 0.29) is 42.6 Å². The zero-order valence-corrected chi connectivity index (χ0v) is 20.0. The van der Waals surface area contributed by atoms with Crippen LogP contribution in [0.1, 0.15) is 38.3 Å². The number of carbonyl (C=O) groups is 3. The van der Waals surface area contributed by atoms with E-state index in [0.29, 0.717) is 30.4 Å². The highest BCUT2D eigenvalue weighted by molar-refractivity contribution is 6.00. The average molecular weight is 498 g/mol. The summed E-state index contributed by atoms with van der Waals surface area (Å²) in [5, 5.41) is 14.3. The molecule has 1 N–H and O–H groups in total. The van der Waals surface area contributed by atoms with Gasteiger partial charge in [-0.3, -0.25) is 24.5 Å². The van der Waals surface area contributed by atoms with Gasteiger partial charge in [-0.25, -0.2) is 0 Å². The van der Waals surface area contributed by atoms with E-state index in [1.807, 2.05) is 0 Å². The third-order valence-corrected chi connectivity index (χ3v) is 5.90. The number of carbonyl (C=O) groups excluding carboxylic acids is 3. The quantitative estimate of drug-likeness (QED) is 0.334. The van der Waals surface area contributed by atoms with Gasteiger partial charge in [0.2, 0.25) is 11.8 Å². The fourth-order valence-electron chi connectivity index (χ4n) is 4.29. The molecule has 0 spiro atoms. The maximum atomic E-state index is 13.2. The molecule has 2 amide bonds. The second-order valence-corrected chi connectivity index (χ2v) is 8.85. The Balaban J connectivity index is 1.52. The SMILES string of the molecule is CC(C)OC(=O)CC(NC(=O)C1CC(=O)N(c2ccc3c(c2)OCCO3)C1)c1ccccc1[N+](=O)[O-]. The standard InChI is InChI=1S/C25H27N3O8/c1-15(2)36-24(30)13-19(18-5-3-4-6-20(18)28(32)33)26-25(31)16-11-23(29)27(14-16)17-7-8-21-22(12-17)35-10-9-34-21/h3-8,12,15-16,19H,9-11,13-14H2,1-2H3,(H,26,31). The number of nitro benzene ring substituents is 1. The zero-order chi connectivity index (χ0) is 25.8. The van der Waals surface area contributed by atoms with E-state index in [1.165, 1.54) is 23.1 Å². The lowest BCUT2D eigenvalue weighted by molar-refractivity contribution is -0.385. The summed E-state index contributed by atoms with van der Waals surface area (Å²) in [5.41, 5.74) is 0.542. The Morgan fingerprint density at radius 3 is 2.61 bits per heavy atom. The first kappa shape index (κ1) is 25.0. The number of nitro groups is 1. The van der Waals surface area contributed by atoms with Crippen LogP contribution in [0.2, 0.25) is 0 Å². The minimum Gasteiger partial charge on any atom is -0.486 e. The largest absolute Gasteiger partial charge is 0.486 e. The number of anilines is 1. The van der Waals surface area contributed by atoms with Gasteiger partial charge in [-0.05, 0) is 26.0 Å². The van der Waals surface area contributed by atoms with Crippen molar-refractivity contribution < 1.29 is 33.5 Å². The molecule has 2 aliphatic rings. The maximum Gasteiger partial charge on any atom is 0.308 e. The molecule has 2 aliphatic heterocycles. The Labute approximate surface area is 207 Å². The summed E-state index contributed by atoms with van der Waals surface area (Å²) < 4.78 is 16.3. The molecule has 2 aromatic rings. The summed E-state index contributed by atoms with van der Waals surface area (Å²) in [7, 11) is 0. The number of esters is 1. The number of nitrogens with zero attached hydrogens (tertiary/aromatic N) is 2. The summed E-state index contributed by atoms with van der Waals surface area (Å²) in [6, 6.07) is 10.1. The van der Waals surface area contributed by atoms with Gasteiger partial charge in [-0.15, -0.1) is 0 Å². The van der Waals surface area contributed by atoms with E-state index in [4.69, 9.17) is 14.2 Å². The summed E-state index contributed by atoms with van der Waals surface area (Å²) in [6.45, 7) is 4.34. The van der Waals surface area contributed by atoms with Gasteiger partial charge in [0.05, 0.1) is 35.0 Å². The smallest absolute Gasteiger partial charge is 0.308 e. The molecule has 0 aliphatic carbocycles. The van der Waals surface area contributed by atoms with Gasteiger partial charge in [0.15, 0.2) is 11.5 Å². The molecule has 0 bridgehead atoms. The van der Waals surface area contributed by atoms with Gasteiger partial charge >= 0.3 is 5.97 Å². The Hall–Kier alpha value is -4.15. The number of fused-ring (bicyclic) bond motifs is 1. The Bertz CT molecular complexity index is 1180. The van der Waals surface area contributed by atoms with Crippen LogP contribution in [0.25, 0.3) is 0 Å². The molecule has 4 rings (SSSR count). The number of hydrogen-bond acceptors (Lipinski definition) is 8. The maximum absolute atomic E-state index is 13.2. The van der Waals surface area contributed by atoms with E-state index in [0.717, 1.165) is 0 Å². The van der Waals surface area contributed by atoms with Crippen molar-refractivity contribution in [2.75, 3.05) is 24.7 Å². The lowest BCUT2D eigenvalue weighted by atomic mass is 9.99. The summed E-state index contributed by atoms with van der Waals surface area (Å²) in [4.78, 5) is 50.9.